The summed E-state index contributed by atoms with van der Waals surface area (Å²) < 4.78 is 1.70. The maximum absolute atomic E-state index is 12.4. The number of pyridine rings is 1. The van der Waals surface area contributed by atoms with Crippen LogP contribution in [0.5, 0.6) is 0 Å². The van der Waals surface area contributed by atoms with Crippen LogP contribution in [-0.2, 0) is 11.3 Å². The lowest BCUT2D eigenvalue weighted by molar-refractivity contribution is -0.111. The van der Waals surface area contributed by atoms with Gasteiger partial charge in [-0.15, -0.1) is 5.10 Å². The van der Waals surface area contributed by atoms with Crippen LogP contribution in [0, 0.1) is 0 Å². The zero-order valence-corrected chi connectivity index (χ0v) is 15.3. The summed E-state index contributed by atoms with van der Waals surface area (Å²) in [5.74, 6) is 0.441. The molecule has 2 aromatic heterocycles. The number of aromatic nitrogens is 5. The lowest BCUT2D eigenvalue weighted by Crippen LogP contribution is -2.08. The number of rotatable bonds is 5. The topological polar surface area (TPSA) is 85.6 Å². The molecule has 0 saturated carbocycles. The molecule has 0 fully saturated rings. The van der Waals surface area contributed by atoms with Crippen molar-refractivity contribution in [2.24, 2.45) is 0 Å². The van der Waals surface area contributed by atoms with Crippen molar-refractivity contribution < 1.29 is 4.79 Å². The van der Waals surface area contributed by atoms with Crippen molar-refractivity contribution in [3.63, 3.8) is 0 Å². The largest absolute Gasteiger partial charge is 0.322 e. The van der Waals surface area contributed by atoms with Crippen molar-refractivity contribution in [1.29, 1.82) is 0 Å². The number of amides is 1. The third-order valence-electron chi connectivity index (χ3n) is 4.30. The van der Waals surface area contributed by atoms with Gasteiger partial charge < -0.3 is 5.32 Å². The molecule has 0 spiro atoms. The first-order valence-electron chi connectivity index (χ1n) is 8.94. The average molecular weight is 370 g/mol. The molecule has 0 aliphatic rings. The van der Waals surface area contributed by atoms with Gasteiger partial charge in [0.1, 0.15) is 0 Å². The summed E-state index contributed by atoms with van der Waals surface area (Å²) in [6.07, 6.45) is 5.02. The molecule has 0 saturated heterocycles. The molecule has 2 heterocycles. The molecule has 1 N–H and O–H groups in total. The minimum absolute atomic E-state index is 0.222. The van der Waals surface area contributed by atoms with E-state index in [1.807, 2.05) is 61.5 Å². The molecule has 0 aliphatic heterocycles. The quantitative estimate of drug-likeness (QED) is 0.543. The number of hydrogen-bond donors (Lipinski definition) is 1. The Kier molecular flexibility index (Phi) is 4.88. The van der Waals surface area contributed by atoms with E-state index < -0.39 is 0 Å². The summed E-state index contributed by atoms with van der Waals surface area (Å²) >= 11 is 0. The third-order valence-corrected chi connectivity index (χ3v) is 4.30. The highest BCUT2D eigenvalue weighted by Crippen LogP contribution is 2.21. The minimum atomic E-state index is -0.222. The number of anilines is 1. The van der Waals surface area contributed by atoms with E-state index in [1.54, 1.807) is 17.0 Å². The molecule has 4 aromatic rings. The first-order chi connectivity index (χ1) is 13.7. The summed E-state index contributed by atoms with van der Waals surface area (Å²) in [7, 11) is 0. The normalized spacial score (nSPS) is 11.2. The molecule has 7 nitrogen and oxygen atoms in total. The van der Waals surface area contributed by atoms with Gasteiger partial charge in [0.25, 0.3) is 0 Å². The third kappa shape index (κ3) is 3.64. The van der Waals surface area contributed by atoms with E-state index in [9.17, 15) is 4.79 Å². The van der Waals surface area contributed by atoms with Crippen LogP contribution in [0.1, 0.15) is 12.5 Å². The van der Waals surface area contributed by atoms with Crippen LogP contribution in [0.15, 0.2) is 66.9 Å². The van der Waals surface area contributed by atoms with E-state index >= 15 is 0 Å². The maximum Gasteiger partial charge on any atom is 0.248 e. The Balaban J connectivity index is 1.52. The standard InChI is InChI=1S/C21H18N6O/c1-2-27-21(24-25-26-27)17-8-4-10-18(14-17)23-19(28)12-11-16-7-3-6-15-9-5-13-22-20(15)16/h3-14H,2H2,1H3,(H,23,28). The van der Waals surface area contributed by atoms with Gasteiger partial charge in [-0.25, -0.2) is 4.68 Å². The molecular formula is C21H18N6O. The summed E-state index contributed by atoms with van der Waals surface area (Å²) in [6, 6.07) is 17.2. The molecule has 7 heteroatoms. The average Bonchev–Trinajstić information content (AvgIpc) is 3.21. The molecule has 2 aromatic carbocycles. The highest BCUT2D eigenvalue weighted by atomic mass is 16.1. The number of benzene rings is 2. The van der Waals surface area contributed by atoms with Gasteiger partial charge in [0.05, 0.1) is 5.52 Å². The molecule has 0 unspecified atom stereocenters. The predicted molar refractivity (Wildman–Crippen MR) is 108 cm³/mol. The highest BCUT2D eigenvalue weighted by molar-refractivity contribution is 6.03. The van der Waals surface area contributed by atoms with Crippen molar-refractivity contribution in [2.75, 3.05) is 5.32 Å². The second-order valence-electron chi connectivity index (χ2n) is 6.14. The number of tetrazole rings is 1. The summed E-state index contributed by atoms with van der Waals surface area (Å²) in [5.41, 5.74) is 3.27. The van der Waals surface area contributed by atoms with E-state index in [-0.39, 0.29) is 5.91 Å². The highest BCUT2D eigenvalue weighted by Gasteiger charge is 2.08. The number of para-hydroxylation sites is 1. The Hall–Kier alpha value is -3.87. The Morgan fingerprint density at radius 2 is 2.00 bits per heavy atom. The van der Waals surface area contributed by atoms with Gasteiger partial charge >= 0.3 is 0 Å². The van der Waals surface area contributed by atoms with Crippen LogP contribution < -0.4 is 5.32 Å². The van der Waals surface area contributed by atoms with Gasteiger partial charge in [0.2, 0.25) is 5.91 Å². The van der Waals surface area contributed by atoms with Gasteiger partial charge in [-0.05, 0) is 41.6 Å². The number of aryl methyl sites for hydroxylation is 1. The molecule has 0 aliphatic carbocycles. The molecular weight excluding hydrogens is 352 g/mol. The van der Waals surface area contributed by atoms with E-state index in [0.717, 1.165) is 22.0 Å². The fraction of sp³-hybridized carbons (Fsp3) is 0.0952. The van der Waals surface area contributed by atoms with Gasteiger partial charge in [-0.1, -0.05) is 36.4 Å². The Bertz CT molecular complexity index is 1160. The lowest BCUT2D eigenvalue weighted by atomic mass is 10.1. The van der Waals surface area contributed by atoms with Crippen molar-refractivity contribution in [2.45, 2.75) is 13.5 Å². The summed E-state index contributed by atoms with van der Waals surface area (Å²) in [5, 5.41) is 15.6. The van der Waals surface area contributed by atoms with Gasteiger partial charge in [0, 0.05) is 41.0 Å². The molecule has 28 heavy (non-hydrogen) atoms. The van der Waals surface area contributed by atoms with E-state index in [4.69, 9.17) is 0 Å². The summed E-state index contributed by atoms with van der Waals surface area (Å²) in [4.78, 5) is 16.8. The number of nitrogens with zero attached hydrogens (tertiary/aromatic N) is 5. The Morgan fingerprint density at radius 1 is 1.14 bits per heavy atom. The number of hydrogen-bond acceptors (Lipinski definition) is 5. The fourth-order valence-corrected chi connectivity index (χ4v) is 2.97. The fourth-order valence-electron chi connectivity index (χ4n) is 2.97. The second kappa shape index (κ2) is 7.79. The predicted octanol–water partition coefficient (Wildman–Crippen LogP) is 3.56. The van der Waals surface area contributed by atoms with E-state index in [2.05, 4.69) is 25.8 Å². The minimum Gasteiger partial charge on any atom is -0.322 e. The van der Waals surface area contributed by atoms with Crippen molar-refractivity contribution in [3.8, 4) is 11.4 Å². The van der Waals surface area contributed by atoms with Crippen LogP contribution in [0.25, 0.3) is 28.4 Å². The van der Waals surface area contributed by atoms with E-state index in [1.165, 1.54) is 6.08 Å². The molecule has 0 bridgehead atoms. The van der Waals surface area contributed by atoms with Crippen molar-refractivity contribution in [1.82, 2.24) is 25.2 Å². The van der Waals surface area contributed by atoms with Gasteiger partial charge in [-0.3, -0.25) is 9.78 Å². The summed E-state index contributed by atoms with van der Waals surface area (Å²) in [6.45, 7) is 2.64. The lowest BCUT2D eigenvalue weighted by Gasteiger charge is -2.06. The molecule has 138 valence electrons. The van der Waals surface area contributed by atoms with Crippen LogP contribution in [0.3, 0.4) is 0 Å². The molecule has 0 atom stereocenters. The first kappa shape index (κ1) is 17.5. The smallest absolute Gasteiger partial charge is 0.248 e. The number of fused-ring (bicyclic) bond motifs is 1. The van der Waals surface area contributed by atoms with Gasteiger partial charge in [0.15, 0.2) is 5.82 Å². The molecule has 4 rings (SSSR count). The SMILES string of the molecule is CCn1nnnc1-c1cccc(NC(=O)C=Cc2cccc3cccnc23)c1. The first-order valence-corrected chi connectivity index (χ1v) is 8.94. The number of carbonyl (C=O) groups excluding carboxylic acids is 1. The monoisotopic (exact) mass is 370 g/mol. The molecule has 0 radical (unpaired) electrons. The van der Waals surface area contributed by atoms with Crippen LogP contribution in [0.2, 0.25) is 0 Å². The number of nitrogens with one attached hydrogen (secondary N) is 1. The van der Waals surface area contributed by atoms with Crippen molar-refractivity contribution >= 4 is 28.6 Å². The van der Waals surface area contributed by atoms with Crippen LogP contribution in [-0.4, -0.2) is 31.1 Å². The zero-order valence-electron chi connectivity index (χ0n) is 15.3. The number of carbonyl (C=O) groups is 1. The Labute approximate surface area is 161 Å². The second-order valence-corrected chi connectivity index (χ2v) is 6.14. The maximum atomic E-state index is 12.4. The molecule has 1 amide bonds. The Morgan fingerprint density at radius 3 is 2.89 bits per heavy atom. The van der Waals surface area contributed by atoms with E-state index in [0.29, 0.717) is 18.1 Å². The zero-order chi connectivity index (χ0) is 19.3. The van der Waals surface area contributed by atoms with Crippen molar-refractivity contribution in [3.05, 3.63) is 72.4 Å². The van der Waals surface area contributed by atoms with Crippen LogP contribution in [0.4, 0.5) is 5.69 Å². The van der Waals surface area contributed by atoms with Crippen LogP contribution >= 0.6 is 0 Å². The van der Waals surface area contributed by atoms with Gasteiger partial charge in [-0.2, -0.15) is 0 Å².